The molecule has 2 N–H and O–H groups in total. The van der Waals surface area contributed by atoms with Crippen molar-refractivity contribution < 1.29 is 0 Å². The molecule has 1 rings (SSSR count). The first-order valence-corrected chi connectivity index (χ1v) is 6.02. The average molecular weight is 188 g/mol. The van der Waals surface area contributed by atoms with Gasteiger partial charge in [-0.15, -0.1) is 0 Å². The molecule has 1 saturated heterocycles. The highest BCUT2D eigenvalue weighted by Crippen LogP contribution is 2.19. The summed E-state index contributed by atoms with van der Waals surface area (Å²) in [5.74, 6) is 0. The second-order valence-corrected chi connectivity index (χ2v) is 4.87. The predicted molar refractivity (Wildman–Crippen MR) is 56.6 cm³/mol. The molecule has 0 aromatic carbocycles. The lowest BCUT2D eigenvalue weighted by molar-refractivity contribution is 0.224. The molecule has 2 nitrogen and oxygen atoms in total. The Labute approximate surface area is 79.9 Å². The predicted octanol–water partition coefficient (Wildman–Crippen LogP) is 1.16. The van der Waals surface area contributed by atoms with Gasteiger partial charge < -0.3 is 10.6 Å². The Morgan fingerprint density at radius 2 is 2.42 bits per heavy atom. The van der Waals surface area contributed by atoms with Gasteiger partial charge in [0.05, 0.1) is 0 Å². The van der Waals surface area contributed by atoms with Crippen LogP contribution in [0, 0.1) is 0 Å². The molecule has 0 bridgehead atoms. The van der Waals surface area contributed by atoms with Gasteiger partial charge in [-0.2, -0.15) is 11.8 Å². The molecule has 2 atom stereocenters. The van der Waals surface area contributed by atoms with Crippen LogP contribution in [0.3, 0.4) is 0 Å². The Hall–Kier alpha value is 0.270. The fourth-order valence-electron chi connectivity index (χ4n) is 1.78. The Morgan fingerprint density at radius 1 is 1.67 bits per heavy atom. The highest BCUT2D eigenvalue weighted by atomic mass is 32.2. The standard InChI is InChI=1S/C9H20N2S/c1-8(10)6-11-5-3-4-9(7-11)12-2/h8-9H,3-7,10H2,1-2H3/t8-,9?/m0/s1. The van der Waals surface area contributed by atoms with E-state index in [0.717, 1.165) is 11.8 Å². The van der Waals surface area contributed by atoms with Gasteiger partial charge in [0.1, 0.15) is 0 Å². The van der Waals surface area contributed by atoms with E-state index in [2.05, 4.69) is 18.1 Å². The van der Waals surface area contributed by atoms with Crippen LogP contribution in [0.25, 0.3) is 0 Å². The first kappa shape index (κ1) is 10.4. The molecule has 3 heteroatoms. The Balaban J connectivity index is 2.25. The quantitative estimate of drug-likeness (QED) is 0.721. The molecule has 1 fully saturated rings. The van der Waals surface area contributed by atoms with Crippen LogP contribution in [0.4, 0.5) is 0 Å². The lowest BCUT2D eigenvalue weighted by Crippen LogP contribution is -2.42. The fourth-order valence-corrected chi connectivity index (χ4v) is 2.54. The van der Waals surface area contributed by atoms with Crippen molar-refractivity contribution in [3.05, 3.63) is 0 Å². The van der Waals surface area contributed by atoms with Crippen LogP contribution in [0.1, 0.15) is 19.8 Å². The van der Waals surface area contributed by atoms with Crippen molar-refractivity contribution >= 4 is 11.8 Å². The zero-order chi connectivity index (χ0) is 8.97. The summed E-state index contributed by atoms with van der Waals surface area (Å²) in [6, 6.07) is 0.325. The van der Waals surface area contributed by atoms with Crippen LogP contribution in [0.5, 0.6) is 0 Å². The van der Waals surface area contributed by atoms with E-state index in [1.54, 1.807) is 0 Å². The summed E-state index contributed by atoms with van der Waals surface area (Å²) in [4.78, 5) is 2.50. The van der Waals surface area contributed by atoms with E-state index in [0.29, 0.717) is 6.04 Å². The number of thioether (sulfide) groups is 1. The average Bonchev–Trinajstić information content (AvgIpc) is 2.03. The van der Waals surface area contributed by atoms with Gasteiger partial charge in [0.25, 0.3) is 0 Å². The third-order valence-corrected chi connectivity index (χ3v) is 3.39. The Bertz CT molecular complexity index is 128. The van der Waals surface area contributed by atoms with Crippen LogP contribution in [-0.4, -0.2) is 42.1 Å². The van der Waals surface area contributed by atoms with Gasteiger partial charge in [-0.3, -0.25) is 0 Å². The smallest absolute Gasteiger partial charge is 0.0172 e. The molecule has 1 aliphatic heterocycles. The van der Waals surface area contributed by atoms with E-state index in [1.165, 1.54) is 25.9 Å². The maximum Gasteiger partial charge on any atom is 0.0172 e. The van der Waals surface area contributed by atoms with Gasteiger partial charge >= 0.3 is 0 Å². The van der Waals surface area contributed by atoms with Gasteiger partial charge in [0, 0.05) is 24.4 Å². The summed E-state index contributed by atoms with van der Waals surface area (Å²) >= 11 is 1.99. The van der Waals surface area contributed by atoms with Crippen LogP contribution in [-0.2, 0) is 0 Å². The summed E-state index contributed by atoms with van der Waals surface area (Å²) in [6.07, 6.45) is 4.94. The number of hydrogen-bond acceptors (Lipinski definition) is 3. The van der Waals surface area contributed by atoms with Crippen LogP contribution < -0.4 is 5.73 Å². The molecule has 0 saturated carbocycles. The molecule has 1 aliphatic rings. The number of nitrogens with two attached hydrogens (primary N) is 1. The molecule has 0 aromatic rings. The number of piperidine rings is 1. The van der Waals surface area contributed by atoms with Gasteiger partial charge in [0.15, 0.2) is 0 Å². The molecule has 0 aromatic heterocycles. The fraction of sp³-hybridized carbons (Fsp3) is 1.00. The largest absolute Gasteiger partial charge is 0.327 e. The number of nitrogens with zero attached hydrogens (tertiary/aromatic N) is 1. The molecular weight excluding hydrogens is 168 g/mol. The molecule has 0 aliphatic carbocycles. The number of hydrogen-bond donors (Lipinski definition) is 1. The van der Waals surface area contributed by atoms with Crippen molar-refractivity contribution in [2.45, 2.75) is 31.1 Å². The normalized spacial score (nSPS) is 28.8. The molecule has 0 spiro atoms. The van der Waals surface area contributed by atoms with Gasteiger partial charge in [-0.1, -0.05) is 0 Å². The molecule has 1 unspecified atom stereocenters. The third-order valence-electron chi connectivity index (χ3n) is 2.34. The van der Waals surface area contributed by atoms with Crippen molar-refractivity contribution in [2.75, 3.05) is 25.9 Å². The first-order chi connectivity index (χ1) is 5.72. The second kappa shape index (κ2) is 5.10. The molecule has 72 valence electrons. The summed E-state index contributed by atoms with van der Waals surface area (Å²) < 4.78 is 0. The summed E-state index contributed by atoms with van der Waals surface area (Å²) in [5.41, 5.74) is 5.76. The molecular formula is C9H20N2S. The van der Waals surface area contributed by atoms with E-state index in [9.17, 15) is 0 Å². The Kier molecular flexibility index (Phi) is 4.40. The van der Waals surface area contributed by atoms with E-state index in [4.69, 9.17) is 5.73 Å². The number of likely N-dealkylation sites (tertiary alicyclic amines) is 1. The monoisotopic (exact) mass is 188 g/mol. The first-order valence-electron chi connectivity index (χ1n) is 4.73. The van der Waals surface area contributed by atoms with Crippen molar-refractivity contribution in [1.29, 1.82) is 0 Å². The second-order valence-electron chi connectivity index (χ2n) is 3.74. The lowest BCUT2D eigenvalue weighted by Gasteiger charge is -2.32. The molecule has 1 heterocycles. The lowest BCUT2D eigenvalue weighted by atomic mass is 10.1. The van der Waals surface area contributed by atoms with Crippen LogP contribution in [0.15, 0.2) is 0 Å². The minimum Gasteiger partial charge on any atom is -0.327 e. The summed E-state index contributed by atoms with van der Waals surface area (Å²) in [5, 5.41) is 0.845. The zero-order valence-electron chi connectivity index (χ0n) is 8.12. The van der Waals surface area contributed by atoms with Crippen molar-refractivity contribution in [3.63, 3.8) is 0 Å². The van der Waals surface area contributed by atoms with Crippen molar-refractivity contribution in [2.24, 2.45) is 5.73 Å². The van der Waals surface area contributed by atoms with E-state index >= 15 is 0 Å². The van der Waals surface area contributed by atoms with Crippen LogP contribution >= 0.6 is 11.8 Å². The summed E-state index contributed by atoms with van der Waals surface area (Å²) in [7, 11) is 0. The van der Waals surface area contributed by atoms with E-state index < -0.39 is 0 Å². The van der Waals surface area contributed by atoms with Crippen LogP contribution in [0.2, 0.25) is 0 Å². The zero-order valence-corrected chi connectivity index (χ0v) is 8.94. The Morgan fingerprint density at radius 3 is 3.00 bits per heavy atom. The van der Waals surface area contributed by atoms with Gasteiger partial charge in [0.2, 0.25) is 0 Å². The van der Waals surface area contributed by atoms with E-state index in [1.807, 2.05) is 11.8 Å². The number of rotatable bonds is 3. The molecule has 12 heavy (non-hydrogen) atoms. The topological polar surface area (TPSA) is 29.3 Å². The van der Waals surface area contributed by atoms with Crippen molar-refractivity contribution in [1.82, 2.24) is 4.90 Å². The van der Waals surface area contributed by atoms with Gasteiger partial charge in [-0.25, -0.2) is 0 Å². The molecule has 0 amide bonds. The third kappa shape index (κ3) is 3.33. The maximum atomic E-state index is 5.76. The minimum atomic E-state index is 0.325. The SMILES string of the molecule is CSC1CCCN(C[C@H](C)N)C1. The van der Waals surface area contributed by atoms with E-state index in [-0.39, 0.29) is 0 Å². The highest BCUT2D eigenvalue weighted by molar-refractivity contribution is 7.99. The summed E-state index contributed by atoms with van der Waals surface area (Å²) in [6.45, 7) is 5.64. The highest BCUT2D eigenvalue weighted by Gasteiger charge is 2.18. The minimum absolute atomic E-state index is 0.325. The van der Waals surface area contributed by atoms with Crippen molar-refractivity contribution in [3.8, 4) is 0 Å². The van der Waals surface area contributed by atoms with Gasteiger partial charge in [-0.05, 0) is 32.6 Å². The maximum absolute atomic E-state index is 5.76. The molecule has 0 radical (unpaired) electrons.